The number of benzene rings is 1. The Kier molecular flexibility index (Phi) is 1.70. The highest BCUT2D eigenvalue weighted by molar-refractivity contribution is 7.21. The predicted molar refractivity (Wildman–Crippen MR) is 62.4 cm³/mol. The molecule has 3 rings (SSSR count). The Labute approximate surface area is 85.6 Å². The van der Waals surface area contributed by atoms with Crippen LogP contribution in [0.3, 0.4) is 0 Å². The summed E-state index contributed by atoms with van der Waals surface area (Å²) in [5.41, 5.74) is 1.08. The highest BCUT2D eigenvalue weighted by atomic mass is 32.1. The maximum atomic E-state index is 4.44. The van der Waals surface area contributed by atoms with E-state index >= 15 is 0 Å². The number of fused-ring (bicyclic) bond motifs is 3. The zero-order valence-electron chi connectivity index (χ0n) is 7.47. The molecule has 0 radical (unpaired) electrons. The number of nitrogens with zero attached hydrogens (tertiary/aromatic N) is 2. The Bertz CT molecular complexity index is 537. The minimum absolute atomic E-state index is 0.690. The summed E-state index contributed by atoms with van der Waals surface area (Å²) < 4.78 is 1.28. The highest BCUT2D eigenvalue weighted by Gasteiger charge is 2.09. The van der Waals surface area contributed by atoms with Crippen molar-refractivity contribution in [2.45, 2.75) is 0 Å². The van der Waals surface area contributed by atoms with Crippen LogP contribution in [0.25, 0.3) is 10.1 Å². The van der Waals surface area contributed by atoms with Crippen LogP contribution in [0, 0.1) is 0 Å². The molecule has 14 heavy (non-hydrogen) atoms. The Morgan fingerprint density at radius 2 is 2.14 bits per heavy atom. The van der Waals surface area contributed by atoms with E-state index in [0.717, 1.165) is 5.69 Å². The SMILES string of the molecule is C1=NCC=Nc2c1sc1ccccc21. The van der Waals surface area contributed by atoms with Crippen LogP contribution < -0.4 is 0 Å². The lowest BCUT2D eigenvalue weighted by atomic mass is 10.2. The van der Waals surface area contributed by atoms with E-state index in [9.17, 15) is 0 Å². The molecule has 0 saturated carbocycles. The van der Waals surface area contributed by atoms with Gasteiger partial charge in [0.25, 0.3) is 0 Å². The van der Waals surface area contributed by atoms with Gasteiger partial charge < -0.3 is 0 Å². The summed E-state index contributed by atoms with van der Waals surface area (Å²) in [6.45, 7) is 0.690. The lowest BCUT2D eigenvalue weighted by molar-refractivity contribution is 1.35. The van der Waals surface area contributed by atoms with Crippen LogP contribution in [0.4, 0.5) is 5.69 Å². The first kappa shape index (κ1) is 7.88. The van der Waals surface area contributed by atoms with Crippen LogP contribution in [0.1, 0.15) is 4.88 Å². The van der Waals surface area contributed by atoms with Gasteiger partial charge in [-0.15, -0.1) is 11.3 Å². The molecule has 0 aliphatic carbocycles. The average Bonchev–Trinajstić information content (AvgIpc) is 2.42. The molecule has 0 bridgehead atoms. The van der Waals surface area contributed by atoms with Crippen molar-refractivity contribution < 1.29 is 0 Å². The van der Waals surface area contributed by atoms with Crippen molar-refractivity contribution in [2.24, 2.45) is 9.98 Å². The van der Waals surface area contributed by atoms with Crippen LogP contribution in [-0.2, 0) is 0 Å². The van der Waals surface area contributed by atoms with Gasteiger partial charge >= 0.3 is 0 Å². The van der Waals surface area contributed by atoms with Crippen LogP contribution in [0.15, 0.2) is 34.3 Å². The summed E-state index contributed by atoms with van der Waals surface area (Å²) >= 11 is 1.75. The van der Waals surface area contributed by atoms with Gasteiger partial charge in [-0.25, -0.2) is 0 Å². The van der Waals surface area contributed by atoms with Crippen molar-refractivity contribution in [1.82, 2.24) is 0 Å². The molecule has 2 nitrogen and oxygen atoms in total. The van der Waals surface area contributed by atoms with Crippen LogP contribution in [0.2, 0.25) is 0 Å². The fraction of sp³-hybridized carbons (Fsp3) is 0.0909. The molecule has 2 aromatic rings. The summed E-state index contributed by atoms with van der Waals surface area (Å²) in [7, 11) is 0. The largest absolute Gasteiger partial charge is 0.286 e. The molecule has 0 unspecified atom stereocenters. The first-order chi connectivity index (χ1) is 6.95. The second-order valence-electron chi connectivity index (χ2n) is 3.12. The summed E-state index contributed by atoms with van der Waals surface area (Å²) in [6.07, 6.45) is 3.79. The van der Waals surface area contributed by atoms with Gasteiger partial charge in [-0.3, -0.25) is 9.98 Å². The van der Waals surface area contributed by atoms with Crippen LogP contribution in [-0.4, -0.2) is 19.0 Å². The minimum atomic E-state index is 0.690. The van der Waals surface area contributed by atoms with E-state index < -0.39 is 0 Å². The molecule has 0 saturated heterocycles. The van der Waals surface area contributed by atoms with Crippen LogP contribution >= 0.6 is 11.3 Å². The Hall–Kier alpha value is -1.48. The molecule has 2 heterocycles. The number of aliphatic imine (C=N–C) groups is 2. The fourth-order valence-electron chi connectivity index (χ4n) is 1.59. The van der Waals surface area contributed by atoms with Gasteiger partial charge in [0.2, 0.25) is 0 Å². The molecule has 0 fully saturated rings. The average molecular weight is 200 g/mol. The first-order valence-corrected chi connectivity index (χ1v) is 5.31. The van der Waals surface area contributed by atoms with Crippen LogP contribution in [0.5, 0.6) is 0 Å². The normalized spacial score (nSPS) is 14.3. The van der Waals surface area contributed by atoms with Gasteiger partial charge in [0.15, 0.2) is 0 Å². The third kappa shape index (κ3) is 1.09. The maximum Gasteiger partial charge on any atom is 0.0900 e. The number of rotatable bonds is 0. The second kappa shape index (κ2) is 3.03. The molecule has 1 aliphatic heterocycles. The Morgan fingerprint density at radius 1 is 1.21 bits per heavy atom. The van der Waals surface area contributed by atoms with Crippen molar-refractivity contribution >= 4 is 39.5 Å². The smallest absolute Gasteiger partial charge is 0.0900 e. The molecular weight excluding hydrogens is 192 g/mol. The highest BCUT2D eigenvalue weighted by Crippen LogP contribution is 2.36. The third-order valence-electron chi connectivity index (χ3n) is 2.21. The summed E-state index contributed by atoms with van der Waals surface area (Å²) in [5, 5.41) is 1.23. The zero-order valence-corrected chi connectivity index (χ0v) is 8.29. The molecule has 1 aliphatic rings. The summed E-state index contributed by atoms with van der Waals surface area (Å²) in [5.74, 6) is 0. The standard InChI is InChI=1S/C11H8N2S/c1-2-4-9-8(3-1)11-10(14-9)7-12-5-6-13-11/h1-4,6-7H,5H2. The quantitative estimate of drug-likeness (QED) is 0.624. The van der Waals surface area contributed by atoms with Gasteiger partial charge in [0.05, 0.1) is 17.1 Å². The molecule has 0 N–H and O–H groups in total. The Balaban J connectivity index is 2.41. The molecule has 0 atom stereocenters. The van der Waals surface area contributed by atoms with Crippen molar-refractivity contribution in [3.8, 4) is 0 Å². The van der Waals surface area contributed by atoms with E-state index in [1.807, 2.05) is 18.5 Å². The number of hydrogen-bond donors (Lipinski definition) is 0. The topological polar surface area (TPSA) is 24.7 Å². The van der Waals surface area contributed by atoms with Crippen molar-refractivity contribution in [3.05, 3.63) is 29.1 Å². The first-order valence-electron chi connectivity index (χ1n) is 4.49. The lowest BCUT2D eigenvalue weighted by Gasteiger charge is -1.90. The Morgan fingerprint density at radius 3 is 3.14 bits per heavy atom. The van der Waals surface area contributed by atoms with Gasteiger partial charge in [0, 0.05) is 22.5 Å². The molecule has 0 spiro atoms. The molecule has 1 aromatic carbocycles. The van der Waals surface area contributed by atoms with Crippen molar-refractivity contribution in [1.29, 1.82) is 0 Å². The third-order valence-corrected chi connectivity index (χ3v) is 3.31. The van der Waals surface area contributed by atoms with E-state index in [2.05, 4.69) is 28.2 Å². The predicted octanol–water partition coefficient (Wildman–Crippen LogP) is 3.04. The summed E-state index contributed by atoms with van der Waals surface area (Å²) in [4.78, 5) is 9.85. The number of hydrogen-bond acceptors (Lipinski definition) is 3. The lowest BCUT2D eigenvalue weighted by Crippen LogP contribution is -1.76. The van der Waals surface area contributed by atoms with Gasteiger partial charge in [-0.1, -0.05) is 18.2 Å². The second-order valence-corrected chi connectivity index (χ2v) is 4.20. The van der Waals surface area contributed by atoms with E-state index in [1.165, 1.54) is 15.0 Å². The zero-order chi connectivity index (χ0) is 9.38. The van der Waals surface area contributed by atoms with Gasteiger partial charge in [0.1, 0.15) is 0 Å². The van der Waals surface area contributed by atoms with Crippen molar-refractivity contribution in [2.75, 3.05) is 6.54 Å². The van der Waals surface area contributed by atoms with E-state index in [0.29, 0.717) is 6.54 Å². The summed E-state index contributed by atoms with van der Waals surface area (Å²) in [6, 6.07) is 8.34. The maximum absolute atomic E-state index is 4.44. The monoisotopic (exact) mass is 200 g/mol. The van der Waals surface area contributed by atoms with E-state index in [-0.39, 0.29) is 0 Å². The number of thiophene rings is 1. The van der Waals surface area contributed by atoms with Gasteiger partial charge in [-0.2, -0.15) is 0 Å². The van der Waals surface area contributed by atoms with E-state index in [4.69, 9.17) is 0 Å². The molecule has 3 heteroatoms. The minimum Gasteiger partial charge on any atom is -0.286 e. The van der Waals surface area contributed by atoms with E-state index in [1.54, 1.807) is 11.3 Å². The fourth-order valence-corrected chi connectivity index (χ4v) is 2.63. The van der Waals surface area contributed by atoms with Gasteiger partial charge in [-0.05, 0) is 6.07 Å². The molecule has 68 valence electrons. The van der Waals surface area contributed by atoms with Crippen molar-refractivity contribution in [3.63, 3.8) is 0 Å². The molecule has 1 aromatic heterocycles. The molecule has 0 amide bonds. The molecular formula is C11H8N2S.